The van der Waals surface area contributed by atoms with Crippen molar-refractivity contribution in [2.45, 2.75) is 19.4 Å². The van der Waals surface area contributed by atoms with Gasteiger partial charge in [-0.2, -0.15) is 0 Å². The van der Waals surface area contributed by atoms with Crippen LogP contribution in [0, 0.1) is 0 Å². The Balaban J connectivity index is 1.79. The fourth-order valence-electron chi connectivity index (χ4n) is 3.19. The van der Waals surface area contributed by atoms with Crippen LogP contribution in [0.4, 0.5) is 0 Å². The third kappa shape index (κ3) is 2.71. The number of fused-ring (bicyclic) bond motifs is 3. The number of morpholine rings is 1. The highest BCUT2D eigenvalue weighted by Gasteiger charge is 2.27. The van der Waals surface area contributed by atoms with Crippen molar-refractivity contribution in [1.82, 2.24) is 19.4 Å². The predicted molar refractivity (Wildman–Crippen MR) is 95.9 cm³/mol. The van der Waals surface area contributed by atoms with Gasteiger partial charge in [0.15, 0.2) is 0 Å². The summed E-state index contributed by atoms with van der Waals surface area (Å²) >= 11 is 1.33. The molecule has 1 saturated heterocycles. The Hall–Kier alpha value is -2.32. The minimum Gasteiger partial charge on any atom is -0.378 e. The third-order valence-corrected chi connectivity index (χ3v) is 5.60. The van der Waals surface area contributed by atoms with Crippen molar-refractivity contribution in [3.8, 4) is 0 Å². The predicted octanol–water partition coefficient (Wildman–Crippen LogP) is 1.82. The molecule has 7 nitrogen and oxygen atoms in total. The molecule has 0 bridgehead atoms. The number of carbonyl (C=O) groups excluding carboxylic acids is 1. The summed E-state index contributed by atoms with van der Waals surface area (Å²) in [5.74, 6) is -0.0479. The van der Waals surface area contributed by atoms with Crippen molar-refractivity contribution in [3.63, 3.8) is 0 Å². The van der Waals surface area contributed by atoms with E-state index in [0.29, 0.717) is 42.9 Å². The van der Waals surface area contributed by atoms with Crippen LogP contribution in [-0.4, -0.2) is 51.6 Å². The molecule has 0 N–H and O–H groups in total. The fourth-order valence-corrected chi connectivity index (χ4v) is 4.22. The minimum atomic E-state index is -0.541. The highest BCUT2D eigenvalue weighted by atomic mass is 32.1. The summed E-state index contributed by atoms with van der Waals surface area (Å²) in [6.45, 7) is 4.11. The zero-order valence-corrected chi connectivity index (χ0v) is 14.7. The van der Waals surface area contributed by atoms with Gasteiger partial charge >= 0.3 is 0 Å². The number of thiophene rings is 1. The maximum absolute atomic E-state index is 13.0. The van der Waals surface area contributed by atoms with E-state index < -0.39 is 6.04 Å². The Kier molecular flexibility index (Phi) is 4.22. The van der Waals surface area contributed by atoms with Crippen molar-refractivity contribution in [1.29, 1.82) is 0 Å². The number of amides is 1. The molecule has 0 saturated carbocycles. The van der Waals surface area contributed by atoms with Gasteiger partial charge in [-0.1, -0.05) is 6.92 Å². The molecule has 0 radical (unpaired) electrons. The van der Waals surface area contributed by atoms with Gasteiger partial charge in [0.2, 0.25) is 5.91 Å². The smallest absolute Gasteiger partial charge is 0.272 e. The van der Waals surface area contributed by atoms with Crippen LogP contribution >= 0.6 is 11.3 Å². The number of hydrogen-bond acceptors (Lipinski definition) is 6. The highest BCUT2D eigenvalue weighted by Crippen LogP contribution is 2.28. The molecule has 4 rings (SSSR count). The summed E-state index contributed by atoms with van der Waals surface area (Å²) in [6.07, 6.45) is 3.73. The molecular formula is C17H18N4O3S. The number of hydrogen-bond donors (Lipinski definition) is 0. The average molecular weight is 358 g/mol. The first-order valence-corrected chi connectivity index (χ1v) is 9.13. The quantitative estimate of drug-likeness (QED) is 0.714. The number of pyridine rings is 1. The van der Waals surface area contributed by atoms with Crippen molar-refractivity contribution >= 4 is 37.7 Å². The van der Waals surface area contributed by atoms with Crippen LogP contribution in [0.3, 0.4) is 0 Å². The summed E-state index contributed by atoms with van der Waals surface area (Å²) in [6, 6.07) is 3.20. The topological polar surface area (TPSA) is 77.3 Å². The van der Waals surface area contributed by atoms with Crippen LogP contribution in [-0.2, 0) is 9.53 Å². The zero-order chi connectivity index (χ0) is 17.4. The second kappa shape index (κ2) is 6.53. The van der Waals surface area contributed by atoms with E-state index in [-0.39, 0.29) is 11.5 Å². The minimum absolute atomic E-state index is 0.0479. The fraction of sp³-hybridized carbons (Fsp3) is 0.412. The first-order valence-electron chi connectivity index (χ1n) is 8.31. The molecule has 25 heavy (non-hydrogen) atoms. The van der Waals surface area contributed by atoms with Crippen LogP contribution < -0.4 is 5.56 Å². The number of carbonyl (C=O) groups is 1. The van der Waals surface area contributed by atoms with Gasteiger partial charge in [0, 0.05) is 24.7 Å². The van der Waals surface area contributed by atoms with Gasteiger partial charge in [0.1, 0.15) is 15.6 Å². The van der Waals surface area contributed by atoms with Crippen LogP contribution in [0.1, 0.15) is 19.4 Å². The second-order valence-electron chi connectivity index (χ2n) is 5.95. The van der Waals surface area contributed by atoms with E-state index >= 15 is 0 Å². The van der Waals surface area contributed by atoms with Gasteiger partial charge in [-0.3, -0.25) is 14.2 Å². The van der Waals surface area contributed by atoms with Gasteiger partial charge in [0.05, 0.1) is 25.1 Å². The Bertz CT molecular complexity index is 990. The van der Waals surface area contributed by atoms with Crippen molar-refractivity contribution in [2.24, 2.45) is 0 Å². The number of nitrogens with zero attached hydrogens (tertiary/aromatic N) is 4. The lowest BCUT2D eigenvalue weighted by molar-refractivity contribution is -0.139. The molecular weight excluding hydrogens is 340 g/mol. The largest absolute Gasteiger partial charge is 0.378 e. The maximum Gasteiger partial charge on any atom is 0.272 e. The van der Waals surface area contributed by atoms with E-state index in [1.165, 1.54) is 22.2 Å². The van der Waals surface area contributed by atoms with Crippen LogP contribution in [0.5, 0.6) is 0 Å². The number of rotatable bonds is 3. The number of ether oxygens (including phenoxy) is 1. The summed E-state index contributed by atoms with van der Waals surface area (Å²) in [4.78, 5) is 37.2. The van der Waals surface area contributed by atoms with E-state index in [9.17, 15) is 9.59 Å². The highest BCUT2D eigenvalue weighted by molar-refractivity contribution is 7.25. The normalized spacial score (nSPS) is 16.4. The molecule has 4 heterocycles. The average Bonchev–Trinajstić information content (AvgIpc) is 3.04. The van der Waals surface area contributed by atoms with E-state index in [1.807, 2.05) is 19.1 Å². The SMILES string of the molecule is CC[C@@H](C(=O)N1CCOCC1)n1cnc2c(sc3ncccc32)c1=O. The lowest BCUT2D eigenvalue weighted by Gasteiger charge is -2.30. The van der Waals surface area contributed by atoms with Crippen LogP contribution in [0.15, 0.2) is 29.5 Å². The molecule has 1 aliphatic rings. The second-order valence-corrected chi connectivity index (χ2v) is 6.95. The van der Waals surface area contributed by atoms with Crippen molar-refractivity contribution in [3.05, 3.63) is 35.0 Å². The Morgan fingerprint density at radius 3 is 2.92 bits per heavy atom. The van der Waals surface area contributed by atoms with Crippen molar-refractivity contribution < 1.29 is 9.53 Å². The standard InChI is InChI=1S/C17H18N4O3S/c1-2-12(16(22)20-6-8-24-9-7-20)21-10-19-13-11-4-3-5-18-15(11)25-14(13)17(21)23/h3-5,10,12H,2,6-9H2,1H3/t12-/m0/s1. The van der Waals surface area contributed by atoms with Gasteiger partial charge < -0.3 is 9.64 Å². The van der Waals surface area contributed by atoms with E-state index in [2.05, 4.69) is 9.97 Å². The molecule has 3 aromatic rings. The Labute approximate surface area is 147 Å². The molecule has 130 valence electrons. The molecule has 0 aromatic carbocycles. The van der Waals surface area contributed by atoms with Gasteiger partial charge in [-0.15, -0.1) is 11.3 Å². The molecule has 0 aliphatic carbocycles. The molecule has 3 aromatic heterocycles. The maximum atomic E-state index is 13.0. The van der Waals surface area contributed by atoms with Gasteiger partial charge in [-0.05, 0) is 18.6 Å². The van der Waals surface area contributed by atoms with Crippen LogP contribution in [0.2, 0.25) is 0 Å². The first kappa shape index (κ1) is 16.2. The van der Waals surface area contributed by atoms with E-state index in [0.717, 1.165) is 10.2 Å². The lowest BCUT2D eigenvalue weighted by atomic mass is 10.1. The molecule has 1 fully saturated rings. The zero-order valence-electron chi connectivity index (χ0n) is 13.8. The first-order chi connectivity index (χ1) is 12.2. The molecule has 1 amide bonds. The molecule has 8 heteroatoms. The number of aromatic nitrogens is 3. The lowest BCUT2D eigenvalue weighted by Crippen LogP contribution is -2.45. The molecule has 0 spiro atoms. The summed E-state index contributed by atoms with van der Waals surface area (Å²) in [7, 11) is 0. The Morgan fingerprint density at radius 1 is 1.36 bits per heavy atom. The molecule has 0 unspecified atom stereocenters. The molecule has 1 aliphatic heterocycles. The van der Waals surface area contributed by atoms with Crippen molar-refractivity contribution in [2.75, 3.05) is 26.3 Å². The van der Waals surface area contributed by atoms with Crippen LogP contribution in [0.25, 0.3) is 20.4 Å². The molecule has 1 atom stereocenters. The summed E-state index contributed by atoms with van der Waals surface area (Å²) in [5, 5.41) is 0.874. The Morgan fingerprint density at radius 2 is 2.16 bits per heavy atom. The van der Waals surface area contributed by atoms with E-state index in [4.69, 9.17) is 4.74 Å². The van der Waals surface area contributed by atoms with E-state index in [1.54, 1.807) is 11.1 Å². The monoisotopic (exact) mass is 358 g/mol. The summed E-state index contributed by atoms with van der Waals surface area (Å²) in [5.41, 5.74) is 0.476. The van der Waals surface area contributed by atoms with Gasteiger partial charge in [0.25, 0.3) is 5.56 Å². The van der Waals surface area contributed by atoms with Gasteiger partial charge in [-0.25, -0.2) is 9.97 Å². The third-order valence-electron chi connectivity index (χ3n) is 4.51. The summed E-state index contributed by atoms with van der Waals surface area (Å²) < 4.78 is 7.32.